The van der Waals surface area contributed by atoms with Gasteiger partial charge < -0.3 is 10.2 Å². The van der Waals surface area contributed by atoms with Gasteiger partial charge in [-0.15, -0.1) is 0 Å². The van der Waals surface area contributed by atoms with Gasteiger partial charge in [-0.2, -0.15) is 0 Å². The Hall–Kier alpha value is -1.32. The maximum Gasteiger partial charge on any atom is 0.136 e. The van der Waals surface area contributed by atoms with Crippen LogP contribution in [0.3, 0.4) is 0 Å². The largest absolute Gasteiger partial charge is 0.370 e. The molecule has 0 spiro atoms. The molecule has 0 aliphatic carbocycles. The lowest BCUT2D eigenvalue weighted by molar-refractivity contribution is 0.821. The molecule has 0 aliphatic rings. The second-order valence-electron chi connectivity index (χ2n) is 4.51. The fourth-order valence-electron chi connectivity index (χ4n) is 1.74. The minimum Gasteiger partial charge on any atom is -0.370 e. The summed E-state index contributed by atoms with van der Waals surface area (Å²) >= 11 is 0. The molecule has 0 saturated heterocycles. The van der Waals surface area contributed by atoms with Gasteiger partial charge in [0.25, 0.3) is 0 Å². The van der Waals surface area contributed by atoms with Crippen molar-refractivity contribution < 1.29 is 0 Å². The van der Waals surface area contributed by atoms with Gasteiger partial charge in [0.05, 0.1) is 0 Å². The molecule has 0 fully saturated rings. The van der Waals surface area contributed by atoms with Crippen LogP contribution >= 0.6 is 0 Å². The van der Waals surface area contributed by atoms with Crippen molar-refractivity contribution in [2.24, 2.45) is 0 Å². The zero-order valence-corrected chi connectivity index (χ0v) is 11.7. The van der Waals surface area contributed by atoms with Crippen molar-refractivity contribution in [3.8, 4) is 0 Å². The molecular weight excluding hydrogens is 212 g/mol. The summed E-state index contributed by atoms with van der Waals surface area (Å²) in [6.07, 6.45) is 3.11. The SMILES string of the molecule is CCCNc1nc(CCC)nc(N(C)C)c1C. The Balaban J connectivity index is 3.08. The van der Waals surface area contributed by atoms with E-state index in [1.54, 1.807) is 0 Å². The molecular formula is C13H24N4. The van der Waals surface area contributed by atoms with Crippen LogP contribution in [-0.4, -0.2) is 30.6 Å². The molecule has 1 heterocycles. The fraction of sp³-hybridized carbons (Fsp3) is 0.692. The molecule has 1 aromatic heterocycles. The first kappa shape index (κ1) is 13.7. The molecule has 0 radical (unpaired) electrons. The Kier molecular flexibility index (Phi) is 5.19. The molecule has 96 valence electrons. The first-order valence-electron chi connectivity index (χ1n) is 6.38. The van der Waals surface area contributed by atoms with Crippen LogP contribution in [0.4, 0.5) is 11.6 Å². The van der Waals surface area contributed by atoms with Gasteiger partial charge in [0.2, 0.25) is 0 Å². The molecule has 17 heavy (non-hydrogen) atoms. The number of nitrogens with zero attached hydrogens (tertiary/aromatic N) is 3. The van der Waals surface area contributed by atoms with E-state index in [1.807, 2.05) is 19.0 Å². The third-order valence-electron chi connectivity index (χ3n) is 2.61. The summed E-state index contributed by atoms with van der Waals surface area (Å²) in [7, 11) is 4.04. The Morgan fingerprint density at radius 2 is 1.82 bits per heavy atom. The monoisotopic (exact) mass is 236 g/mol. The third-order valence-corrected chi connectivity index (χ3v) is 2.61. The molecule has 1 aromatic rings. The number of hydrogen-bond acceptors (Lipinski definition) is 4. The molecule has 0 saturated carbocycles. The van der Waals surface area contributed by atoms with Gasteiger partial charge in [-0.25, -0.2) is 9.97 Å². The van der Waals surface area contributed by atoms with Crippen molar-refractivity contribution in [2.75, 3.05) is 30.9 Å². The first-order valence-corrected chi connectivity index (χ1v) is 6.38. The van der Waals surface area contributed by atoms with E-state index in [1.165, 1.54) is 0 Å². The fourth-order valence-corrected chi connectivity index (χ4v) is 1.74. The van der Waals surface area contributed by atoms with Gasteiger partial charge in [0.15, 0.2) is 0 Å². The lowest BCUT2D eigenvalue weighted by Gasteiger charge is -2.18. The second-order valence-corrected chi connectivity index (χ2v) is 4.51. The maximum atomic E-state index is 4.61. The average Bonchev–Trinajstić information content (AvgIpc) is 2.29. The Morgan fingerprint density at radius 1 is 1.12 bits per heavy atom. The zero-order chi connectivity index (χ0) is 12.8. The highest BCUT2D eigenvalue weighted by molar-refractivity contribution is 5.58. The van der Waals surface area contributed by atoms with E-state index in [2.05, 4.69) is 36.1 Å². The number of hydrogen-bond donors (Lipinski definition) is 1. The predicted molar refractivity (Wildman–Crippen MR) is 73.9 cm³/mol. The Morgan fingerprint density at radius 3 is 2.35 bits per heavy atom. The number of aromatic nitrogens is 2. The molecule has 4 nitrogen and oxygen atoms in total. The van der Waals surface area contributed by atoms with Gasteiger partial charge >= 0.3 is 0 Å². The highest BCUT2D eigenvalue weighted by Gasteiger charge is 2.11. The zero-order valence-electron chi connectivity index (χ0n) is 11.7. The smallest absolute Gasteiger partial charge is 0.136 e. The molecule has 0 aromatic carbocycles. The van der Waals surface area contributed by atoms with E-state index in [4.69, 9.17) is 0 Å². The summed E-state index contributed by atoms with van der Waals surface area (Å²) < 4.78 is 0. The molecule has 0 atom stereocenters. The van der Waals surface area contributed by atoms with Crippen molar-refractivity contribution in [1.82, 2.24) is 9.97 Å². The number of rotatable bonds is 6. The predicted octanol–water partition coefficient (Wildman–Crippen LogP) is 2.63. The van der Waals surface area contributed by atoms with Crippen LogP contribution in [0, 0.1) is 6.92 Å². The van der Waals surface area contributed by atoms with Crippen LogP contribution in [0.25, 0.3) is 0 Å². The standard InChI is InChI=1S/C13H24N4/c1-6-8-11-15-12(14-9-7-2)10(3)13(16-11)17(4)5/h6-9H2,1-5H3,(H,14,15,16). The molecule has 0 bridgehead atoms. The van der Waals surface area contributed by atoms with Crippen LogP contribution in [0.15, 0.2) is 0 Å². The summed E-state index contributed by atoms with van der Waals surface area (Å²) in [6.45, 7) is 7.33. The number of anilines is 2. The molecule has 4 heteroatoms. The van der Waals surface area contributed by atoms with Gasteiger partial charge in [-0.05, 0) is 19.8 Å². The highest BCUT2D eigenvalue weighted by Crippen LogP contribution is 2.22. The van der Waals surface area contributed by atoms with E-state index in [0.29, 0.717) is 0 Å². The lowest BCUT2D eigenvalue weighted by Crippen LogP contribution is -2.17. The summed E-state index contributed by atoms with van der Waals surface area (Å²) in [5.74, 6) is 2.93. The second kappa shape index (κ2) is 6.42. The van der Waals surface area contributed by atoms with Crippen LogP contribution < -0.4 is 10.2 Å². The average molecular weight is 236 g/mol. The summed E-state index contributed by atoms with van der Waals surface area (Å²) in [4.78, 5) is 11.2. The minimum atomic E-state index is 0.931. The van der Waals surface area contributed by atoms with Crippen molar-refractivity contribution in [2.45, 2.75) is 40.0 Å². The maximum absolute atomic E-state index is 4.61. The number of aryl methyl sites for hydroxylation is 1. The van der Waals surface area contributed by atoms with Gasteiger partial charge in [-0.3, -0.25) is 0 Å². The first-order chi connectivity index (χ1) is 8.10. The molecule has 1 N–H and O–H groups in total. The Bertz CT molecular complexity index is 361. The van der Waals surface area contributed by atoms with Gasteiger partial charge in [0.1, 0.15) is 17.5 Å². The minimum absolute atomic E-state index is 0.931. The molecule has 0 amide bonds. The third kappa shape index (κ3) is 3.58. The van der Waals surface area contributed by atoms with Crippen molar-refractivity contribution in [3.63, 3.8) is 0 Å². The van der Waals surface area contributed by atoms with Crippen molar-refractivity contribution in [3.05, 3.63) is 11.4 Å². The summed E-state index contributed by atoms with van der Waals surface area (Å²) in [5.41, 5.74) is 1.13. The lowest BCUT2D eigenvalue weighted by atomic mass is 10.2. The quantitative estimate of drug-likeness (QED) is 0.824. The molecule has 1 rings (SSSR count). The normalized spacial score (nSPS) is 10.4. The van der Waals surface area contributed by atoms with Gasteiger partial charge in [0, 0.05) is 32.6 Å². The molecule has 0 aliphatic heterocycles. The van der Waals surface area contributed by atoms with E-state index >= 15 is 0 Å². The van der Waals surface area contributed by atoms with E-state index in [0.717, 1.165) is 48.8 Å². The van der Waals surface area contributed by atoms with Crippen molar-refractivity contribution in [1.29, 1.82) is 0 Å². The topological polar surface area (TPSA) is 41.1 Å². The van der Waals surface area contributed by atoms with E-state index in [9.17, 15) is 0 Å². The Labute approximate surface area is 104 Å². The van der Waals surface area contributed by atoms with Crippen LogP contribution in [0.5, 0.6) is 0 Å². The summed E-state index contributed by atoms with van der Waals surface area (Å²) in [6, 6.07) is 0. The van der Waals surface area contributed by atoms with Gasteiger partial charge in [-0.1, -0.05) is 13.8 Å². The van der Waals surface area contributed by atoms with Crippen molar-refractivity contribution >= 4 is 11.6 Å². The van der Waals surface area contributed by atoms with Crippen LogP contribution in [0.2, 0.25) is 0 Å². The molecule has 0 unspecified atom stereocenters. The summed E-state index contributed by atoms with van der Waals surface area (Å²) in [5, 5.41) is 3.38. The highest BCUT2D eigenvalue weighted by atomic mass is 15.2. The van der Waals surface area contributed by atoms with E-state index < -0.39 is 0 Å². The number of nitrogens with one attached hydrogen (secondary N) is 1. The van der Waals surface area contributed by atoms with Crippen LogP contribution in [-0.2, 0) is 6.42 Å². The van der Waals surface area contributed by atoms with E-state index in [-0.39, 0.29) is 0 Å². The van der Waals surface area contributed by atoms with Crippen LogP contribution in [0.1, 0.15) is 38.1 Å².